The molecular formula is C29H29FN6O. The number of hydrogen-bond donors (Lipinski definition) is 1. The monoisotopic (exact) mass is 496 g/mol. The summed E-state index contributed by atoms with van der Waals surface area (Å²) in [5.74, 6) is 0.404. The first-order valence-electron chi connectivity index (χ1n) is 12.3. The van der Waals surface area contributed by atoms with Crippen molar-refractivity contribution < 1.29 is 4.39 Å². The second-order valence-corrected chi connectivity index (χ2v) is 9.43. The lowest BCUT2D eigenvalue weighted by molar-refractivity contribution is 0.248. The number of aromatic nitrogens is 5. The van der Waals surface area contributed by atoms with Crippen LogP contribution in [0.4, 0.5) is 4.39 Å². The van der Waals surface area contributed by atoms with Gasteiger partial charge in [0.25, 0.3) is 5.56 Å². The van der Waals surface area contributed by atoms with Crippen molar-refractivity contribution in [3.63, 3.8) is 0 Å². The van der Waals surface area contributed by atoms with E-state index in [2.05, 4.69) is 44.5 Å². The fourth-order valence-corrected chi connectivity index (χ4v) is 4.59. The number of fused-ring (bicyclic) bond motifs is 1. The molecule has 0 atom stereocenters. The van der Waals surface area contributed by atoms with E-state index in [4.69, 9.17) is 0 Å². The van der Waals surface area contributed by atoms with Gasteiger partial charge in [-0.1, -0.05) is 54.6 Å². The summed E-state index contributed by atoms with van der Waals surface area (Å²) in [6.45, 7) is 6.18. The van der Waals surface area contributed by atoms with Crippen molar-refractivity contribution in [2.45, 2.75) is 39.9 Å². The second kappa shape index (κ2) is 10.8. The predicted molar refractivity (Wildman–Crippen MR) is 142 cm³/mol. The van der Waals surface area contributed by atoms with E-state index in [1.807, 2.05) is 43.3 Å². The number of tetrazole rings is 1. The maximum absolute atomic E-state index is 13.3. The van der Waals surface area contributed by atoms with Crippen LogP contribution in [0.1, 0.15) is 33.6 Å². The number of halogens is 1. The van der Waals surface area contributed by atoms with Crippen LogP contribution in [0.2, 0.25) is 0 Å². The lowest BCUT2D eigenvalue weighted by Crippen LogP contribution is -2.30. The molecule has 8 heteroatoms. The number of pyridine rings is 1. The first-order valence-corrected chi connectivity index (χ1v) is 12.3. The molecule has 0 aliphatic carbocycles. The third-order valence-electron chi connectivity index (χ3n) is 6.73. The summed E-state index contributed by atoms with van der Waals surface area (Å²) in [7, 11) is 0. The Hall–Kier alpha value is -4.17. The molecule has 7 nitrogen and oxygen atoms in total. The fourth-order valence-electron chi connectivity index (χ4n) is 4.59. The first-order chi connectivity index (χ1) is 18.0. The number of aryl methyl sites for hydroxylation is 2. The van der Waals surface area contributed by atoms with Gasteiger partial charge in [0.05, 0.1) is 18.6 Å². The van der Waals surface area contributed by atoms with Crippen molar-refractivity contribution in [1.82, 2.24) is 30.1 Å². The third kappa shape index (κ3) is 5.81. The van der Waals surface area contributed by atoms with Gasteiger partial charge in [-0.3, -0.25) is 9.69 Å². The molecular weight excluding hydrogens is 467 g/mol. The minimum absolute atomic E-state index is 0.0893. The molecule has 0 saturated carbocycles. The maximum Gasteiger partial charge on any atom is 0.252 e. The summed E-state index contributed by atoms with van der Waals surface area (Å²) >= 11 is 0. The molecule has 0 bridgehead atoms. The van der Waals surface area contributed by atoms with Gasteiger partial charge in [0.15, 0.2) is 5.82 Å². The molecule has 5 aromatic rings. The Labute approximate surface area is 214 Å². The Kier molecular flexibility index (Phi) is 7.18. The summed E-state index contributed by atoms with van der Waals surface area (Å²) in [4.78, 5) is 18.3. The van der Waals surface area contributed by atoms with Crippen LogP contribution in [-0.4, -0.2) is 36.6 Å². The molecule has 1 N–H and O–H groups in total. The Bertz CT molecular complexity index is 1570. The summed E-state index contributed by atoms with van der Waals surface area (Å²) in [6, 6.07) is 22.6. The van der Waals surface area contributed by atoms with Gasteiger partial charge in [-0.2, -0.15) is 0 Å². The number of rotatable bonds is 9. The van der Waals surface area contributed by atoms with Gasteiger partial charge in [-0.05, 0) is 76.5 Å². The van der Waals surface area contributed by atoms with E-state index in [1.54, 1.807) is 16.8 Å². The van der Waals surface area contributed by atoms with Crippen molar-refractivity contribution >= 4 is 10.9 Å². The van der Waals surface area contributed by atoms with Crippen LogP contribution in [-0.2, 0) is 26.1 Å². The van der Waals surface area contributed by atoms with E-state index < -0.39 is 0 Å². The molecule has 3 aromatic carbocycles. The van der Waals surface area contributed by atoms with Crippen LogP contribution in [0.15, 0.2) is 77.6 Å². The quantitative estimate of drug-likeness (QED) is 0.324. The molecule has 0 aliphatic rings. The Morgan fingerprint density at radius 1 is 0.919 bits per heavy atom. The molecule has 0 radical (unpaired) electrons. The molecule has 0 spiro atoms. The molecule has 2 aromatic heterocycles. The number of aromatic amines is 1. The normalized spacial score (nSPS) is 11.5. The average Bonchev–Trinajstić information content (AvgIpc) is 3.32. The van der Waals surface area contributed by atoms with Gasteiger partial charge in [0, 0.05) is 18.7 Å². The number of benzene rings is 3. The van der Waals surface area contributed by atoms with E-state index in [1.165, 1.54) is 23.3 Å². The van der Waals surface area contributed by atoms with Crippen LogP contribution in [0.25, 0.3) is 10.9 Å². The lowest BCUT2D eigenvalue weighted by Gasteiger charge is -2.22. The van der Waals surface area contributed by atoms with Crippen LogP contribution < -0.4 is 5.56 Å². The van der Waals surface area contributed by atoms with Gasteiger partial charge in [0.2, 0.25) is 0 Å². The molecule has 0 saturated heterocycles. The highest BCUT2D eigenvalue weighted by Gasteiger charge is 2.16. The minimum atomic E-state index is -0.279. The summed E-state index contributed by atoms with van der Waals surface area (Å²) in [5, 5.41) is 13.3. The van der Waals surface area contributed by atoms with Crippen molar-refractivity contribution in [2.24, 2.45) is 0 Å². The number of nitrogens with one attached hydrogen (secondary N) is 1. The highest BCUT2D eigenvalue weighted by Crippen LogP contribution is 2.17. The fraction of sp³-hybridized carbons (Fsp3) is 0.241. The molecule has 2 heterocycles. The van der Waals surface area contributed by atoms with Crippen LogP contribution in [0.3, 0.4) is 0 Å². The molecule has 37 heavy (non-hydrogen) atoms. The lowest BCUT2D eigenvalue weighted by atomic mass is 10.1. The maximum atomic E-state index is 13.3. The molecule has 5 rings (SSSR count). The minimum Gasteiger partial charge on any atom is -0.321 e. The van der Waals surface area contributed by atoms with E-state index in [0.717, 1.165) is 35.0 Å². The number of hydrogen-bond acceptors (Lipinski definition) is 5. The van der Waals surface area contributed by atoms with E-state index in [-0.39, 0.29) is 11.4 Å². The second-order valence-electron chi connectivity index (χ2n) is 9.43. The smallest absolute Gasteiger partial charge is 0.252 e. The van der Waals surface area contributed by atoms with Crippen LogP contribution in [0.5, 0.6) is 0 Å². The molecule has 0 aliphatic heterocycles. The summed E-state index contributed by atoms with van der Waals surface area (Å²) < 4.78 is 15.1. The van der Waals surface area contributed by atoms with Gasteiger partial charge >= 0.3 is 0 Å². The topological polar surface area (TPSA) is 79.7 Å². The van der Waals surface area contributed by atoms with Crippen molar-refractivity contribution in [1.29, 1.82) is 0 Å². The Balaban J connectivity index is 1.41. The van der Waals surface area contributed by atoms with E-state index in [9.17, 15) is 9.18 Å². The molecule has 0 unspecified atom stereocenters. The van der Waals surface area contributed by atoms with Gasteiger partial charge < -0.3 is 4.98 Å². The zero-order chi connectivity index (χ0) is 25.8. The number of nitrogens with zero attached hydrogens (tertiary/aromatic N) is 5. The summed E-state index contributed by atoms with van der Waals surface area (Å²) in [5.41, 5.74) is 5.92. The summed E-state index contributed by atoms with van der Waals surface area (Å²) in [6.07, 6.45) is 0.830. The largest absolute Gasteiger partial charge is 0.321 e. The van der Waals surface area contributed by atoms with Crippen LogP contribution in [0, 0.1) is 19.7 Å². The SMILES string of the molecule is Cc1ccccc1CCN(Cc1cc2cccc(C)c2[nH]c1=O)Cc1nnnn1Cc1ccc(F)cc1. The van der Waals surface area contributed by atoms with Crippen molar-refractivity contribution in [3.8, 4) is 0 Å². The Morgan fingerprint density at radius 2 is 1.70 bits per heavy atom. The standard InChI is InChI=1S/C29H29FN6O/c1-20-6-3-4-8-23(20)14-15-35(18-25-16-24-9-5-7-21(2)28(24)31-29(25)37)19-27-32-33-34-36(27)17-22-10-12-26(30)13-11-22/h3-13,16H,14-15,17-19H2,1-2H3,(H,31,37). The van der Waals surface area contributed by atoms with E-state index in [0.29, 0.717) is 31.0 Å². The average molecular weight is 497 g/mol. The third-order valence-corrected chi connectivity index (χ3v) is 6.73. The number of H-pyrrole nitrogens is 1. The number of para-hydroxylation sites is 1. The highest BCUT2D eigenvalue weighted by atomic mass is 19.1. The van der Waals surface area contributed by atoms with Gasteiger partial charge in [-0.25, -0.2) is 9.07 Å². The first kappa shape index (κ1) is 24.5. The molecule has 188 valence electrons. The van der Waals surface area contributed by atoms with Crippen LogP contribution >= 0.6 is 0 Å². The van der Waals surface area contributed by atoms with Gasteiger partial charge in [0.1, 0.15) is 5.82 Å². The Morgan fingerprint density at radius 3 is 2.51 bits per heavy atom. The highest BCUT2D eigenvalue weighted by molar-refractivity contribution is 5.81. The zero-order valence-electron chi connectivity index (χ0n) is 21.0. The molecule has 0 fully saturated rings. The van der Waals surface area contributed by atoms with Crippen molar-refractivity contribution in [3.05, 3.63) is 123 Å². The van der Waals surface area contributed by atoms with E-state index >= 15 is 0 Å². The van der Waals surface area contributed by atoms with Gasteiger partial charge in [-0.15, -0.1) is 5.10 Å². The zero-order valence-corrected chi connectivity index (χ0v) is 21.0. The predicted octanol–water partition coefficient (Wildman–Crippen LogP) is 4.56. The molecule has 0 amide bonds. The van der Waals surface area contributed by atoms with Crippen molar-refractivity contribution in [2.75, 3.05) is 6.54 Å².